The van der Waals surface area contributed by atoms with E-state index in [1.807, 2.05) is 0 Å². The molecule has 0 aliphatic carbocycles. The number of amides is 1. The van der Waals surface area contributed by atoms with Gasteiger partial charge in [-0.05, 0) is 31.0 Å². The van der Waals surface area contributed by atoms with Gasteiger partial charge in [0.15, 0.2) is 0 Å². The van der Waals surface area contributed by atoms with Gasteiger partial charge >= 0.3 is 0 Å². The van der Waals surface area contributed by atoms with E-state index in [0.717, 1.165) is 16.5 Å². The topological polar surface area (TPSA) is 54.1 Å². The summed E-state index contributed by atoms with van der Waals surface area (Å²) >= 11 is 0. The van der Waals surface area contributed by atoms with Crippen LogP contribution in [0.3, 0.4) is 0 Å². The molecule has 18 heavy (non-hydrogen) atoms. The minimum absolute atomic E-state index is 0.0495. The summed E-state index contributed by atoms with van der Waals surface area (Å²) in [6, 6.07) is 4.20. The van der Waals surface area contributed by atoms with E-state index in [9.17, 15) is 4.79 Å². The molecule has 0 spiro atoms. The van der Waals surface area contributed by atoms with E-state index in [1.165, 1.54) is 11.1 Å². The summed E-state index contributed by atoms with van der Waals surface area (Å²) in [5, 5.41) is 3.96. The molecule has 0 saturated heterocycles. The Labute approximate surface area is 105 Å². The Morgan fingerprint density at radius 1 is 1.33 bits per heavy atom. The van der Waals surface area contributed by atoms with Crippen molar-refractivity contribution in [2.75, 3.05) is 13.7 Å². The zero-order valence-corrected chi connectivity index (χ0v) is 10.8. The lowest BCUT2D eigenvalue weighted by atomic mass is 9.97. The molecular weight excluding hydrogens is 228 g/mol. The van der Waals surface area contributed by atoms with E-state index >= 15 is 0 Å². The van der Waals surface area contributed by atoms with E-state index < -0.39 is 0 Å². The first-order valence-electron chi connectivity index (χ1n) is 6.05. The first kappa shape index (κ1) is 11.3. The van der Waals surface area contributed by atoms with Gasteiger partial charge in [0.1, 0.15) is 11.8 Å². The first-order valence-corrected chi connectivity index (χ1v) is 6.05. The maximum absolute atomic E-state index is 11.9. The fourth-order valence-corrected chi connectivity index (χ4v) is 2.83. The minimum atomic E-state index is -0.0761. The highest BCUT2D eigenvalue weighted by atomic mass is 16.5. The zero-order chi connectivity index (χ0) is 12.9. The van der Waals surface area contributed by atoms with Crippen LogP contribution in [0.2, 0.25) is 0 Å². The number of H-pyrrole nitrogens is 1. The Hall–Kier alpha value is -1.81. The van der Waals surface area contributed by atoms with Crippen LogP contribution in [0.25, 0.3) is 10.9 Å². The number of fused-ring (bicyclic) bond motifs is 3. The summed E-state index contributed by atoms with van der Waals surface area (Å²) in [5.41, 5.74) is 5.01. The van der Waals surface area contributed by atoms with Crippen molar-refractivity contribution < 1.29 is 9.53 Å². The molecule has 4 nitrogen and oxygen atoms in total. The van der Waals surface area contributed by atoms with Crippen LogP contribution < -0.4 is 5.32 Å². The molecule has 1 aromatic carbocycles. The third kappa shape index (κ3) is 1.46. The van der Waals surface area contributed by atoms with E-state index in [1.54, 1.807) is 7.11 Å². The number of carbonyl (C=O) groups is 1. The van der Waals surface area contributed by atoms with Crippen LogP contribution in [-0.4, -0.2) is 24.5 Å². The molecule has 2 N–H and O–H groups in total. The minimum Gasteiger partial charge on any atom is -0.375 e. The average Bonchev–Trinajstić information content (AvgIpc) is 2.70. The fourth-order valence-electron chi connectivity index (χ4n) is 2.83. The van der Waals surface area contributed by atoms with Crippen molar-refractivity contribution in [2.45, 2.75) is 20.0 Å². The van der Waals surface area contributed by atoms with Crippen molar-refractivity contribution in [3.8, 4) is 0 Å². The number of methoxy groups -OCH3 is 1. The molecule has 2 aromatic rings. The molecule has 1 aliphatic heterocycles. The number of aromatic amines is 1. The van der Waals surface area contributed by atoms with Crippen LogP contribution in [0.5, 0.6) is 0 Å². The Bertz CT molecular complexity index is 643. The highest BCUT2D eigenvalue weighted by Gasteiger charge is 2.30. The predicted molar refractivity (Wildman–Crippen MR) is 69.9 cm³/mol. The Kier molecular flexibility index (Phi) is 2.41. The van der Waals surface area contributed by atoms with Gasteiger partial charge in [0.05, 0.1) is 0 Å². The number of hydrogen-bond acceptors (Lipinski definition) is 2. The molecule has 1 amide bonds. The monoisotopic (exact) mass is 244 g/mol. The summed E-state index contributed by atoms with van der Waals surface area (Å²) < 4.78 is 5.48. The predicted octanol–water partition coefficient (Wildman–Crippen LogP) is 2.22. The van der Waals surface area contributed by atoms with Gasteiger partial charge in [0.2, 0.25) is 0 Å². The molecular formula is C14H16N2O2. The average molecular weight is 244 g/mol. The second-order valence-electron chi connectivity index (χ2n) is 4.85. The second-order valence-corrected chi connectivity index (χ2v) is 4.85. The molecule has 1 aliphatic rings. The van der Waals surface area contributed by atoms with Crippen molar-refractivity contribution in [2.24, 2.45) is 0 Å². The number of ether oxygens (including phenoxy) is 1. The van der Waals surface area contributed by atoms with Crippen molar-refractivity contribution in [3.63, 3.8) is 0 Å². The van der Waals surface area contributed by atoms with Crippen LogP contribution in [0.1, 0.15) is 33.3 Å². The van der Waals surface area contributed by atoms with Crippen molar-refractivity contribution in [1.82, 2.24) is 10.3 Å². The molecule has 1 atom stereocenters. The summed E-state index contributed by atoms with van der Waals surface area (Å²) in [6.45, 7) is 4.66. The lowest BCUT2D eigenvalue weighted by Gasteiger charge is -2.22. The molecule has 4 heteroatoms. The molecule has 3 rings (SSSR count). The van der Waals surface area contributed by atoms with Gasteiger partial charge in [-0.1, -0.05) is 6.07 Å². The van der Waals surface area contributed by atoms with Crippen molar-refractivity contribution in [1.29, 1.82) is 0 Å². The standard InChI is InChI=1S/C14H16N2O2/c1-7-4-8(2)11-9(5-7)16-13-12(11)10(18-3)6-15-14(13)17/h4-5,10,16H,6H2,1-3H3,(H,15,17). The molecule has 0 radical (unpaired) electrons. The highest BCUT2D eigenvalue weighted by Crippen LogP contribution is 2.34. The van der Waals surface area contributed by atoms with Crippen LogP contribution >= 0.6 is 0 Å². The first-order chi connectivity index (χ1) is 8.61. The molecule has 0 saturated carbocycles. The second kappa shape index (κ2) is 3.85. The fraction of sp³-hybridized carbons (Fsp3) is 0.357. The van der Waals surface area contributed by atoms with Crippen LogP contribution in [0.4, 0.5) is 0 Å². The Morgan fingerprint density at radius 3 is 2.83 bits per heavy atom. The molecule has 1 unspecified atom stereocenters. The number of nitrogens with one attached hydrogen (secondary N) is 2. The van der Waals surface area contributed by atoms with E-state index in [0.29, 0.717) is 12.2 Å². The number of aromatic nitrogens is 1. The maximum atomic E-state index is 11.9. The van der Waals surface area contributed by atoms with Gasteiger partial charge in [-0.15, -0.1) is 0 Å². The van der Waals surface area contributed by atoms with Crippen LogP contribution in [0, 0.1) is 13.8 Å². The number of rotatable bonds is 1. The molecule has 0 fully saturated rings. The van der Waals surface area contributed by atoms with Crippen molar-refractivity contribution >= 4 is 16.8 Å². The summed E-state index contributed by atoms with van der Waals surface area (Å²) in [6.07, 6.45) is -0.0761. The molecule has 1 aromatic heterocycles. The summed E-state index contributed by atoms with van der Waals surface area (Å²) in [5.74, 6) is -0.0495. The third-order valence-electron chi connectivity index (χ3n) is 3.56. The Morgan fingerprint density at radius 2 is 2.11 bits per heavy atom. The quantitative estimate of drug-likeness (QED) is 0.808. The van der Waals surface area contributed by atoms with Gasteiger partial charge in [0, 0.05) is 30.1 Å². The largest absolute Gasteiger partial charge is 0.375 e. The van der Waals surface area contributed by atoms with Crippen molar-refractivity contribution in [3.05, 3.63) is 34.5 Å². The van der Waals surface area contributed by atoms with E-state index in [4.69, 9.17) is 4.74 Å². The van der Waals surface area contributed by atoms with E-state index in [-0.39, 0.29) is 12.0 Å². The third-order valence-corrected chi connectivity index (χ3v) is 3.56. The molecule has 0 bridgehead atoms. The number of benzene rings is 1. The number of hydrogen-bond donors (Lipinski definition) is 2. The van der Waals surface area contributed by atoms with Gasteiger partial charge in [0.25, 0.3) is 5.91 Å². The van der Waals surface area contributed by atoms with Gasteiger partial charge in [-0.3, -0.25) is 4.79 Å². The lowest BCUT2D eigenvalue weighted by molar-refractivity contribution is 0.0754. The Balaban J connectivity index is 2.38. The van der Waals surface area contributed by atoms with Crippen LogP contribution in [0.15, 0.2) is 12.1 Å². The summed E-state index contributed by atoms with van der Waals surface area (Å²) in [7, 11) is 1.67. The summed E-state index contributed by atoms with van der Waals surface area (Å²) in [4.78, 5) is 15.1. The maximum Gasteiger partial charge on any atom is 0.268 e. The van der Waals surface area contributed by atoms with Gasteiger partial charge in [-0.2, -0.15) is 0 Å². The van der Waals surface area contributed by atoms with E-state index in [2.05, 4.69) is 36.3 Å². The lowest BCUT2D eigenvalue weighted by Crippen LogP contribution is -2.35. The smallest absolute Gasteiger partial charge is 0.268 e. The van der Waals surface area contributed by atoms with Crippen LogP contribution in [-0.2, 0) is 4.74 Å². The molecule has 2 heterocycles. The normalized spacial score (nSPS) is 18.8. The van der Waals surface area contributed by atoms with Gasteiger partial charge < -0.3 is 15.0 Å². The van der Waals surface area contributed by atoms with Gasteiger partial charge in [-0.25, -0.2) is 0 Å². The number of aryl methyl sites for hydroxylation is 2. The highest BCUT2D eigenvalue weighted by molar-refractivity contribution is 6.03. The SMILES string of the molecule is COC1CNC(=O)c2[nH]c3cc(C)cc(C)c3c21. The number of carbonyl (C=O) groups excluding carboxylic acids is 1. The molecule has 94 valence electrons. The zero-order valence-electron chi connectivity index (χ0n) is 10.8.